The van der Waals surface area contributed by atoms with Gasteiger partial charge in [0, 0.05) is 13.1 Å². The van der Waals surface area contributed by atoms with Crippen LogP contribution < -0.4 is 10.1 Å². The first-order valence-corrected chi connectivity index (χ1v) is 5.27. The Kier molecular flexibility index (Phi) is 4.98. The maximum atomic E-state index is 12.3. The van der Waals surface area contributed by atoms with Crippen molar-refractivity contribution in [3.05, 3.63) is 29.8 Å². The standard InChI is InChI=1S/C12H13F3N2O/c1-18-11-4-2-3-9(5-11)7-17-8-10(6-16)12(13,14)15/h2-5,10,17H,7-8H2,1H3. The molecule has 1 aromatic rings. The van der Waals surface area contributed by atoms with Gasteiger partial charge in [0.25, 0.3) is 0 Å². The van der Waals surface area contributed by atoms with E-state index in [2.05, 4.69) is 5.32 Å². The fourth-order valence-electron chi connectivity index (χ4n) is 1.38. The zero-order valence-electron chi connectivity index (χ0n) is 9.79. The molecule has 18 heavy (non-hydrogen) atoms. The van der Waals surface area contributed by atoms with Gasteiger partial charge in [-0.2, -0.15) is 18.4 Å². The molecule has 1 N–H and O–H groups in total. The third-order valence-corrected chi connectivity index (χ3v) is 2.36. The van der Waals surface area contributed by atoms with Crippen LogP contribution >= 0.6 is 0 Å². The molecule has 0 fully saturated rings. The van der Waals surface area contributed by atoms with E-state index in [4.69, 9.17) is 10.00 Å². The number of ether oxygens (including phenoxy) is 1. The van der Waals surface area contributed by atoms with E-state index in [0.717, 1.165) is 5.56 Å². The second-order valence-electron chi connectivity index (χ2n) is 3.71. The maximum Gasteiger partial charge on any atom is 0.405 e. The van der Waals surface area contributed by atoms with E-state index < -0.39 is 18.6 Å². The summed E-state index contributed by atoms with van der Waals surface area (Å²) in [7, 11) is 1.52. The lowest BCUT2D eigenvalue weighted by Crippen LogP contribution is -2.32. The highest BCUT2D eigenvalue weighted by molar-refractivity contribution is 5.28. The van der Waals surface area contributed by atoms with Crippen molar-refractivity contribution in [3.8, 4) is 11.8 Å². The maximum absolute atomic E-state index is 12.3. The van der Waals surface area contributed by atoms with Crippen LogP contribution in [0.2, 0.25) is 0 Å². The first kappa shape index (κ1) is 14.3. The predicted molar refractivity (Wildman–Crippen MR) is 59.9 cm³/mol. The Morgan fingerprint density at radius 3 is 2.72 bits per heavy atom. The number of nitrogens with zero attached hydrogens (tertiary/aromatic N) is 1. The number of alkyl halides is 3. The number of halogens is 3. The summed E-state index contributed by atoms with van der Waals surface area (Å²) in [5.41, 5.74) is 0.799. The molecule has 6 heteroatoms. The Hall–Kier alpha value is -1.74. The molecule has 0 aromatic heterocycles. The van der Waals surface area contributed by atoms with Gasteiger partial charge in [-0.25, -0.2) is 0 Å². The Bertz CT molecular complexity index is 426. The second kappa shape index (κ2) is 6.26. The molecule has 0 amide bonds. The van der Waals surface area contributed by atoms with Crippen LogP contribution in [-0.4, -0.2) is 19.8 Å². The van der Waals surface area contributed by atoms with Crippen LogP contribution in [0.3, 0.4) is 0 Å². The zero-order valence-corrected chi connectivity index (χ0v) is 9.79. The monoisotopic (exact) mass is 258 g/mol. The number of hydrogen-bond donors (Lipinski definition) is 1. The third kappa shape index (κ3) is 4.26. The lowest BCUT2D eigenvalue weighted by molar-refractivity contribution is -0.157. The lowest BCUT2D eigenvalue weighted by atomic mass is 10.1. The number of hydrogen-bond acceptors (Lipinski definition) is 3. The minimum absolute atomic E-state index is 0.255. The van der Waals surface area contributed by atoms with Crippen molar-refractivity contribution in [1.82, 2.24) is 5.32 Å². The fourth-order valence-corrected chi connectivity index (χ4v) is 1.38. The minimum Gasteiger partial charge on any atom is -0.497 e. The lowest BCUT2D eigenvalue weighted by Gasteiger charge is -2.14. The molecule has 0 aliphatic rings. The normalized spacial score (nSPS) is 12.8. The first-order valence-electron chi connectivity index (χ1n) is 5.27. The molecular formula is C12H13F3N2O. The van der Waals surface area contributed by atoms with Gasteiger partial charge in [-0.05, 0) is 17.7 Å². The molecule has 0 radical (unpaired) electrons. The predicted octanol–water partition coefficient (Wildman–Crippen LogP) is 2.49. The quantitative estimate of drug-likeness (QED) is 0.882. The third-order valence-electron chi connectivity index (χ3n) is 2.36. The molecule has 0 aliphatic heterocycles. The number of methoxy groups -OCH3 is 1. The van der Waals surface area contributed by atoms with Crippen molar-refractivity contribution >= 4 is 0 Å². The zero-order chi connectivity index (χ0) is 13.6. The molecule has 3 nitrogen and oxygen atoms in total. The van der Waals surface area contributed by atoms with Crippen LogP contribution in [-0.2, 0) is 6.54 Å². The van der Waals surface area contributed by atoms with Gasteiger partial charge in [0.2, 0.25) is 0 Å². The summed E-state index contributed by atoms with van der Waals surface area (Å²) >= 11 is 0. The van der Waals surface area contributed by atoms with Crippen LogP contribution in [0, 0.1) is 17.2 Å². The molecule has 1 aromatic carbocycles. The number of nitriles is 1. The molecule has 1 unspecified atom stereocenters. The smallest absolute Gasteiger partial charge is 0.405 e. The van der Waals surface area contributed by atoms with E-state index in [1.165, 1.54) is 13.2 Å². The molecule has 0 bridgehead atoms. The van der Waals surface area contributed by atoms with Crippen LogP contribution in [0.4, 0.5) is 13.2 Å². The summed E-state index contributed by atoms with van der Waals surface area (Å²) in [5.74, 6) is -1.34. The molecule has 0 aliphatic carbocycles. The highest BCUT2D eigenvalue weighted by atomic mass is 19.4. The van der Waals surface area contributed by atoms with E-state index in [9.17, 15) is 13.2 Å². The average Bonchev–Trinajstić information content (AvgIpc) is 2.33. The average molecular weight is 258 g/mol. The van der Waals surface area contributed by atoms with E-state index >= 15 is 0 Å². The van der Waals surface area contributed by atoms with Crippen molar-refractivity contribution in [1.29, 1.82) is 5.26 Å². The summed E-state index contributed by atoms with van der Waals surface area (Å²) in [6.07, 6.45) is -4.49. The molecule has 98 valence electrons. The van der Waals surface area contributed by atoms with Crippen LogP contribution in [0.25, 0.3) is 0 Å². The topological polar surface area (TPSA) is 45.0 Å². The Morgan fingerprint density at radius 1 is 1.44 bits per heavy atom. The van der Waals surface area contributed by atoms with E-state index in [-0.39, 0.29) is 6.54 Å². The van der Waals surface area contributed by atoms with Gasteiger partial charge in [0.15, 0.2) is 5.92 Å². The van der Waals surface area contributed by atoms with Crippen molar-refractivity contribution in [2.45, 2.75) is 12.7 Å². The fraction of sp³-hybridized carbons (Fsp3) is 0.417. The molecule has 0 heterocycles. The van der Waals surface area contributed by atoms with Crippen molar-refractivity contribution < 1.29 is 17.9 Å². The van der Waals surface area contributed by atoms with E-state index in [0.29, 0.717) is 5.75 Å². The summed E-state index contributed by atoms with van der Waals surface area (Å²) in [6, 6.07) is 8.23. The summed E-state index contributed by atoms with van der Waals surface area (Å²) < 4.78 is 41.8. The van der Waals surface area contributed by atoms with Crippen LogP contribution in [0.1, 0.15) is 5.56 Å². The Balaban J connectivity index is 2.48. The second-order valence-corrected chi connectivity index (χ2v) is 3.71. The molecule has 1 atom stereocenters. The highest BCUT2D eigenvalue weighted by Crippen LogP contribution is 2.25. The van der Waals surface area contributed by atoms with Crippen LogP contribution in [0.15, 0.2) is 24.3 Å². The number of nitrogens with one attached hydrogen (secondary N) is 1. The molecular weight excluding hydrogens is 245 g/mol. The molecule has 0 saturated heterocycles. The van der Waals surface area contributed by atoms with Gasteiger partial charge >= 0.3 is 6.18 Å². The van der Waals surface area contributed by atoms with Crippen molar-refractivity contribution in [3.63, 3.8) is 0 Å². The Labute approximate surface area is 103 Å². The largest absolute Gasteiger partial charge is 0.497 e. The summed E-state index contributed by atoms with van der Waals surface area (Å²) in [5, 5.41) is 11.0. The van der Waals surface area contributed by atoms with Gasteiger partial charge in [-0.1, -0.05) is 12.1 Å². The van der Waals surface area contributed by atoms with Crippen molar-refractivity contribution in [2.24, 2.45) is 5.92 Å². The van der Waals surface area contributed by atoms with Gasteiger partial charge in [0.1, 0.15) is 5.75 Å². The van der Waals surface area contributed by atoms with Gasteiger partial charge in [0.05, 0.1) is 13.2 Å². The van der Waals surface area contributed by atoms with Gasteiger partial charge in [-0.15, -0.1) is 0 Å². The van der Waals surface area contributed by atoms with E-state index in [1.54, 1.807) is 24.3 Å². The summed E-state index contributed by atoms with van der Waals surface area (Å²) in [6.45, 7) is -0.164. The SMILES string of the molecule is COc1cccc(CNCC(C#N)C(F)(F)F)c1. The van der Waals surface area contributed by atoms with Crippen molar-refractivity contribution in [2.75, 3.05) is 13.7 Å². The molecule has 0 spiro atoms. The van der Waals surface area contributed by atoms with Gasteiger partial charge < -0.3 is 10.1 Å². The first-order chi connectivity index (χ1) is 8.47. The van der Waals surface area contributed by atoms with Crippen LogP contribution in [0.5, 0.6) is 5.75 Å². The molecule has 1 rings (SSSR count). The summed E-state index contributed by atoms with van der Waals surface area (Å²) in [4.78, 5) is 0. The van der Waals surface area contributed by atoms with Gasteiger partial charge in [-0.3, -0.25) is 0 Å². The Morgan fingerprint density at radius 2 is 2.17 bits per heavy atom. The van der Waals surface area contributed by atoms with E-state index in [1.807, 2.05) is 0 Å². The number of benzene rings is 1. The highest BCUT2D eigenvalue weighted by Gasteiger charge is 2.39. The molecule has 0 saturated carbocycles. The number of rotatable bonds is 5. The minimum atomic E-state index is -4.49.